The van der Waals surface area contributed by atoms with E-state index in [4.69, 9.17) is 4.74 Å². The zero-order valence-electron chi connectivity index (χ0n) is 16.0. The van der Waals surface area contributed by atoms with Gasteiger partial charge in [-0.05, 0) is 50.8 Å². The number of piperidine rings is 1. The van der Waals surface area contributed by atoms with Crippen LogP contribution in [0.1, 0.15) is 38.7 Å². The Morgan fingerprint density at radius 1 is 1.26 bits per heavy atom. The highest BCUT2D eigenvalue weighted by Crippen LogP contribution is 2.22. The summed E-state index contributed by atoms with van der Waals surface area (Å²) >= 11 is 3.35. The summed E-state index contributed by atoms with van der Waals surface area (Å²) in [5.41, 5.74) is 0.765. The lowest BCUT2D eigenvalue weighted by atomic mass is 9.97. The first kappa shape index (κ1) is 22.3. The second-order valence-electron chi connectivity index (χ2n) is 7.12. The number of hydrogen-bond donors (Lipinski definition) is 1. The van der Waals surface area contributed by atoms with Crippen LogP contribution in [0.2, 0.25) is 0 Å². The fourth-order valence-electron chi connectivity index (χ4n) is 3.03. The van der Waals surface area contributed by atoms with Gasteiger partial charge in [-0.3, -0.25) is 4.79 Å². The van der Waals surface area contributed by atoms with Crippen molar-refractivity contribution in [3.05, 3.63) is 34.3 Å². The largest absolute Gasteiger partial charge is 0.379 e. The lowest BCUT2D eigenvalue weighted by molar-refractivity contribution is -0.126. The molecule has 152 valence electrons. The first-order valence-corrected chi connectivity index (χ1v) is 11.8. The van der Waals surface area contributed by atoms with E-state index in [1.54, 1.807) is 0 Å². The predicted molar refractivity (Wildman–Crippen MR) is 110 cm³/mol. The maximum absolute atomic E-state index is 12.6. The summed E-state index contributed by atoms with van der Waals surface area (Å²) in [6.45, 7) is 5.98. The number of amides is 1. The second kappa shape index (κ2) is 10.5. The molecule has 0 atom stereocenters. The standard InChI is InChI=1S/C19H29BrN2O4S/c1-15(2)26-13-3-10-21-19(23)17-8-11-22(12-9-17)27(24,25)14-16-4-6-18(20)7-5-16/h4-7,15,17H,3,8-14H2,1-2H3,(H,21,23). The summed E-state index contributed by atoms with van der Waals surface area (Å²) in [4.78, 5) is 12.3. The minimum Gasteiger partial charge on any atom is -0.379 e. The van der Waals surface area contributed by atoms with Crippen molar-refractivity contribution >= 4 is 31.9 Å². The number of nitrogens with one attached hydrogen (secondary N) is 1. The molecule has 1 aromatic carbocycles. The molecule has 8 heteroatoms. The van der Waals surface area contributed by atoms with Crippen LogP contribution in [0.3, 0.4) is 0 Å². The summed E-state index contributed by atoms with van der Waals surface area (Å²) in [6.07, 6.45) is 2.11. The second-order valence-corrected chi connectivity index (χ2v) is 10.0. The molecule has 0 aliphatic carbocycles. The lowest BCUT2D eigenvalue weighted by Crippen LogP contribution is -2.43. The first-order valence-electron chi connectivity index (χ1n) is 9.39. The van der Waals surface area contributed by atoms with Crippen LogP contribution in [0.4, 0.5) is 0 Å². The van der Waals surface area contributed by atoms with E-state index in [0.29, 0.717) is 39.1 Å². The van der Waals surface area contributed by atoms with Crippen molar-refractivity contribution in [2.45, 2.75) is 45.0 Å². The number of halogens is 1. The number of carbonyl (C=O) groups is 1. The van der Waals surface area contributed by atoms with Gasteiger partial charge in [-0.15, -0.1) is 0 Å². The molecule has 1 N–H and O–H groups in total. The highest BCUT2D eigenvalue weighted by Gasteiger charge is 2.31. The molecule has 0 spiro atoms. The third-order valence-electron chi connectivity index (χ3n) is 4.55. The normalized spacial score (nSPS) is 16.6. The number of benzene rings is 1. The summed E-state index contributed by atoms with van der Waals surface area (Å²) < 4.78 is 33.1. The summed E-state index contributed by atoms with van der Waals surface area (Å²) in [7, 11) is -3.36. The molecule has 6 nitrogen and oxygen atoms in total. The number of sulfonamides is 1. The molecule has 1 saturated heterocycles. The van der Waals surface area contributed by atoms with Gasteiger partial charge in [-0.25, -0.2) is 12.7 Å². The summed E-state index contributed by atoms with van der Waals surface area (Å²) in [6, 6.07) is 7.30. The van der Waals surface area contributed by atoms with Crippen molar-refractivity contribution in [1.29, 1.82) is 0 Å². The van der Waals surface area contributed by atoms with Gasteiger partial charge in [0, 0.05) is 36.6 Å². The monoisotopic (exact) mass is 460 g/mol. The van der Waals surface area contributed by atoms with E-state index in [2.05, 4.69) is 21.2 Å². The Morgan fingerprint density at radius 3 is 2.48 bits per heavy atom. The van der Waals surface area contributed by atoms with Crippen LogP contribution in [-0.4, -0.2) is 51.0 Å². The average Bonchev–Trinajstić information content (AvgIpc) is 2.63. The minimum absolute atomic E-state index is 0.00695. The van der Waals surface area contributed by atoms with E-state index < -0.39 is 10.0 Å². The highest BCUT2D eigenvalue weighted by molar-refractivity contribution is 9.10. The number of ether oxygens (including phenoxy) is 1. The molecule has 0 aromatic heterocycles. The van der Waals surface area contributed by atoms with E-state index in [1.807, 2.05) is 38.1 Å². The van der Waals surface area contributed by atoms with E-state index in [-0.39, 0.29) is 23.7 Å². The zero-order chi connectivity index (χ0) is 19.9. The molecule has 0 radical (unpaired) electrons. The van der Waals surface area contributed by atoms with Gasteiger partial charge in [0.1, 0.15) is 0 Å². The summed E-state index contributed by atoms with van der Waals surface area (Å²) in [5.74, 6) is -0.104. The Morgan fingerprint density at radius 2 is 1.89 bits per heavy atom. The fraction of sp³-hybridized carbons (Fsp3) is 0.632. The molecule has 1 aliphatic rings. The minimum atomic E-state index is -3.36. The molecule has 1 fully saturated rings. The molecule has 1 amide bonds. The van der Waals surface area contributed by atoms with Gasteiger partial charge in [0.05, 0.1) is 11.9 Å². The Labute approximate surface area is 170 Å². The SMILES string of the molecule is CC(C)OCCCNC(=O)C1CCN(S(=O)(=O)Cc2ccc(Br)cc2)CC1. The van der Waals surface area contributed by atoms with Crippen LogP contribution in [0.25, 0.3) is 0 Å². The van der Waals surface area contributed by atoms with E-state index in [0.717, 1.165) is 16.5 Å². The number of rotatable bonds is 9. The Kier molecular flexibility index (Phi) is 8.72. The van der Waals surface area contributed by atoms with Crippen molar-refractivity contribution in [2.75, 3.05) is 26.2 Å². The van der Waals surface area contributed by atoms with Crippen LogP contribution >= 0.6 is 15.9 Å². The smallest absolute Gasteiger partial charge is 0.223 e. The van der Waals surface area contributed by atoms with Crippen LogP contribution < -0.4 is 5.32 Å². The number of carbonyl (C=O) groups excluding carboxylic acids is 1. The average molecular weight is 461 g/mol. The molecule has 2 rings (SSSR count). The van der Waals surface area contributed by atoms with E-state index in [1.165, 1.54) is 4.31 Å². The van der Waals surface area contributed by atoms with Gasteiger partial charge in [0.2, 0.25) is 15.9 Å². The maximum atomic E-state index is 12.6. The quantitative estimate of drug-likeness (QED) is 0.574. The Balaban J connectivity index is 1.75. The fourth-order valence-corrected chi connectivity index (χ4v) is 4.85. The van der Waals surface area contributed by atoms with E-state index >= 15 is 0 Å². The molecule has 0 unspecified atom stereocenters. The van der Waals surface area contributed by atoms with Crippen molar-refractivity contribution in [3.8, 4) is 0 Å². The zero-order valence-corrected chi connectivity index (χ0v) is 18.4. The van der Waals surface area contributed by atoms with Crippen molar-refractivity contribution in [2.24, 2.45) is 5.92 Å². The van der Waals surface area contributed by atoms with Gasteiger partial charge in [-0.2, -0.15) is 0 Å². The van der Waals surface area contributed by atoms with Crippen molar-refractivity contribution in [1.82, 2.24) is 9.62 Å². The molecule has 1 heterocycles. The summed E-state index contributed by atoms with van der Waals surface area (Å²) in [5, 5.41) is 2.93. The Hall–Kier alpha value is -0.960. The third kappa shape index (κ3) is 7.52. The van der Waals surface area contributed by atoms with Gasteiger partial charge in [0.25, 0.3) is 0 Å². The van der Waals surface area contributed by atoms with Crippen molar-refractivity contribution in [3.63, 3.8) is 0 Å². The molecule has 0 saturated carbocycles. The topological polar surface area (TPSA) is 75.7 Å². The molecule has 0 bridgehead atoms. The predicted octanol–water partition coefficient (Wildman–Crippen LogP) is 2.92. The molecule has 27 heavy (non-hydrogen) atoms. The first-order chi connectivity index (χ1) is 12.8. The van der Waals surface area contributed by atoms with Crippen LogP contribution in [0.15, 0.2) is 28.7 Å². The number of nitrogens with zero attached hydrogens (tertiary/aromatic N) is 1. The van der Waals surface area contributed by atoms with Gasteiger partial charge < -0.3 is 10.1 Å². The molecule has 1 aromatic rings. The lowest BCUT2D eigenvalue weighted by Gasteiger charge is -2.30. The van der Waals surface area contributed by atoms with Gasteiger partial charge >= 0.3 is 0 Å². The van der Waals surface area contributed by atoms with Crippen LogP contribution in [0.5, 0.6) is 0 Å². The van der Waals surface area contributed by atoms with Crippen molar-refractivity contribution < 1.29 is 17.9 Å². The highest BCUT2D eigenvalue weighted by atomic mass is 79.9. The number of hydrogen-bond acceptors (Lipinski definition) is 4. The Bertz CT molecular complexity index is 699. The maximum Gasteiger partial charge on any atom is 0.223 e. The van der Waals surface area contributed by atoms with Gasteiger partial charge in [-0.1, -0.05) is 28.1 Å². The van der Waals surface area contributed by atoms with E-state index in [9.17, 15) is 13.2 Å². The molecular weight excluding hydrogens is 432 g/mol. The van der Waals surface area contributed by atoms with Crippen LogP contribution in [-0.2, 0) is 25.3 Å². The van der Waals surface area contributed by atoms with Gasteiger partial charge in [0.15, 0.2) is 0 Å². The van der Waals surface area contributed by atoms with Crippen LogP contribution in [0, 0.1) is 5.92 Å². The molecule has 1 aliphatic heterocycles. The third-order valence-corrected chi connectivity index (χ3v) is 6.93. The molecular formula is C19H29BrN2O4S.